The van der Waals surface area contributed by atoms with Crippen LogP contribution in [0.15, 0.2) is 53.1 Å². The molecule has 0 saturated carbocycles. The van der Waals surface area contributed by atoms with Crippen LogP contribution in [0.1, 0.15) is 34.3 Å². The maximum Gasteiger partial charge on any atom is 0.278 e. The van der Waals surface area contributed by atoms with Crippen LogP contribution in [0.2, 0.25) is 0 Å². The fraction of sp³-hybridized carbons (Fsp3) is 0.200. The molecule has 0 radical (unpaired) electrons. The van der Waals surface area contributed by atoms with Crippen molar-refractivity contribution in [1.29, 1.82) is 0 Å². The van der Waals surface area contributed by atoms with Gasteiger partial charge in [0.15, 0.2) is 5.69 Å². The highest BCUT2D eigenvalue weighted by atomic mass is 19.1. The first-order valence-electron chi connectivity index (χ1n) is 8.31. The van der Waals surface area contributed by atoms with Crippen molar-refractivity contribution in [2.75, 3.05) is 5.32 Å². The zero-order valence-corrected chi connectivity index (χ0v) is 14.6. The molecule has 0 unspecified atom stereocenters. The molecule has 0 fully saturated rings. The first-order valence-corrected chi connectivity index (χ1v) is 8.31. The lowest BCUT2D eigenvalue weighted by atomic mass is 10.1. The topological polar surface area (TPSA) is 64.4 Å². The van der Waals surface area contributed by atoms with E-state index >= 15 is 0 Å². The number of anilines is 1. The zero-order valence-electron chi connectivity index (χ0n) is 14.6. The highest BCUT2D eigenvalue weighted by Gasteiger charge is 2.21. The van der Waals surface area contributed by atoms with Gasteiger partial charge in [-0.15, -0.1) is 0 Å². The third-order valence-electron chi connectivity index (χ3n) is 4.03. The van der Waals surface area contributed by atoms with Crippen molar-refractivity contribution < 1.29 is 18.4 Å². The van der Waals surface area contributed by atoms with Crippen LogP contribution in [0.4, 0.5) is 10.1 Å². The number of nitrogens with zero attached hydrogens (tertiary/aromatic N) is 1. The van der Waals surface area contributed by atoms with E-state index in [2.05, 4.69) is 10.5 Å². The summed E-state index contributed by atoms with van der Waals surface area (Å²) in [4.78, 5) is 12.6. The Labute approximate surface area is 150 Å². The lowest BCUT2D eigenvalue weighted by molar-refractivity contribution is 0.101. The highest BCUT2D eigenvalue weighted by molar-refractivity contribution is 6.04. The summed E-state index contributed by atoms with van der Waals surface area (Å²) in [5.41, 5.74) is 2.45. The predicted octanol–water partition coefficient (Wildman–Crippen LogP) is 4.52. The number of aryl methyl sites for hydroxylation is 2. The second kappa shape index (κ2) is 7.82. The first kappa shape index (κ1) is 17.7. The van der Waals surface area contributed by atoms with Crippen LogP contribution < -0.4 is 10.1 Å². The van der Waals surface area contributed by atoms with Crippen LogP contribution >= 0.6 is 0 Å². The van der Waals surface area contributed by atoms with E-state index in [0.29, 0.717) is 17.1 Å². The molecule has 6 heteroatoms. The van der Waals surface area contributed by atoms with E-state index in [1.54, 1.807) is 19.1 Å². The largest absolute Gasteiger partial charge is 0.489 e. The number of halogens is 1. The molecule has 0 saturated heterocycles. The van der Waals surface area contributed by atoms with Gasteiger partial charge in [-0.05, 0) is 37.1 Å². The van der Waals surface area contributed by atoms with Crippen molar-refractivity contribution >= 4 is 11.6 Å². The van der Waals surface area contributed by atoms with Crippen molar-refractivity contribution in [3.63, 3.8) is 0 Å². The van der Waals surface area contributed by atoms with Gasteiger partial charge < -0.3 is 14.6 Å². The van der Waals surface area contributed by atoms with E-state index in [1.165, 1.54) is 12.1 Å². The van der Waals surface area contributed by atoms with Crippen LogP contribution in [0, 0.1) is 12.7 Å². The Morgan fingerprint density at radius 1 is 1.23 bits per heavy atom. The molecule has 3 aromatic rings. The molecule has 0 aliphatic rings. The molecule has 5 nitrogen and oxygen atoms in total. The lowest BCUT2D eigenvalue weighted by Gasteiger charge is -2.10. The summed E-state index contributed by atoms with van der Waals surface area (Å²) in [6.07, 6.45) is 0.795. The van der Waals surface area contributed by atoms with Gasteiger partial charge in [0.25, 0.3) is 5.91 Å². The van der Waals surface area contributed by atoms with Crippen LogP contribution in [0.25, 0.3) is 0 Å². The number of hydrogen-bond donors (Lipinski definition) is 1. The minimum absolute atomic E-state index is 0.0525. The van der Waals surface area contributed by atoms with Crippen molar-refractivity contribution in [3.05, 3.63) is 76.9 Å². The van der Waals surface area contributed by atoms with Gasteiger partial charge in [-0.2, -0.15) is 0 Å². The van der Waals surface area contributed by atoms with Crippen LogP contribution in [-0.4, -0.2) is 11.1 Å². The first-order chi connectivity index (χ1) is 12.6. The van der Waals surface area contributed by atoms with E-state index in [0.717, 1.165) is 17.7 Å². The Hall–Kier alpha value is -3.15. The maximum absolute atomic E-state index is 13.3. The van der Waals surface area contributed by atoms with Crippen LogP contribution in [0.3, 0.4) is 0 Å². The molecule has 0 aliphatic heterocycles. The minimum atomic E-state index is -0.390. The number of carbonyl (C=O) groups excluding carboxylic acids is 1. The monoisotopic (exact) mass is 354 g/mol. The molecule has 0 atom stereocenters. The van der Waals surface area contributed by atoms with E-state index in [9.17, 15) is 9.18 Å². The van der Waals surface area contributed by atoms with E-state index in [4.69, 9.17) is 9.26 Å². The summed E-state index contributed by atoms with van der Waals surface area (Å²) in [6, 6.07) is 13.4. The molecule has 1 N–H and O–H groups in total. The molecule has 1 amide bonds. The number of ether oxygens (including phenoxy) is 1. The summed E-state index contributed by atoms with van der Waals surface area (Å²) in [5.74, 6) is 0.0860. The van der Waals surface area contributed by atoms with E-state index in [1.807, 2.05) is 31.2 Å². The summed E-state index contributed by atoms with van der Waals surface area (Å²) < 4.78 is 24.0. The van der Waals surface area contributed by atoms with Crippen molar-refractivity contribution in [3.8, 4) is 5.75 Å². The molecular weight excluding hydrogens is 335 g/mol. The molecule has 1 heterocycles. The van der Waals surface area contributed by atoms with Crippen molar-refractivity contribution in [2.45, 2.75) is 26.9 Å². The molecule has 26 heavy (non-hydrogen) atoms. The normalized spacial score (nSPS) is 10.6. The third-order valence-corrected chi connectivity index (χ3v) is 4.03. The number of amides is 1. The molecule has 0 aliphatic carbocycles. The molecule has 0 bridgehead atoms. The Morgan fingerprint density at radius 3 is 2.81 bits per heavy atom. The average molecular weight is 354 g/mol. The Kier molecular flexibility index (Phi) is 5.31. The summed E-state index contributed by atoms with van der Waals surface area (Å²) in [5, 5.41) is 6.72. The number of nitrogens with one attached hydrogen (secondary N) is 1. The lowest BCUT2D eigenvalue weighted by Crippen LogP contribution is -2.16. The van der Waals surface area contributed by atoms with Gasteiger partial charge in [0, 0.05) is 11.8 Å². The standard InChI is InChI=1S/C20H19FN2O3/c1-3-14-7-4-5-10-18(14)22-20(24)19-17(13(2)26-23-19)12-25-16-9-6-8-15(21)11-16/h4-11H,3,12H2,1-2H3,(H,22,24). The SMILES string of the molecule is CCc1ccccc1NC(=O)c1noc(C)c1COc1cccc(F)c1. The van der Waals surface area contributed by atoms with E-state index in [-0.39, 0.29) is 18.2 Å². The predicted molar refractivity (Wildman–Crippen MR) is 95.7 cm³/mol. The number of hydrogen-bond acceptors (Lipinski definition) is 4. The summed E-state index contributed by atoms with van der Waals surface area (Å²) in [6.45, 7) is 3.77. The maximum atomic E-state index is 13.3. The van der Waals surface area contributed by atoms with Crippen molar-refractivity contribution in [2.24, 2.45) is 0 Å². The Morgan fingerprint density at radius 2 is 2.04 bits per heavy atom. The molecule has 134 valence electrons. The smallest absolute Gasteiger partial charge is 0.278 e. The second-order valence-electron chi connectivity index (χ2n) is 5.78. The number of aromatic nitrogens is 1. The molecule has 0 spiro atoms. The summed E-state index contributed by atoms with van der Waals surface area (Å²) >= 11 is 0. The average Bonchev–Trinajstić information content (AvgIpc) is 3.01. The Bertz CT molecular complexity index is 921. The van der Waals surface area contributed by atoms with Gasteiger partial charge in [-0.3, -0.25) is 4.79 Å². The molecule has 1 aromatic heterocycles. The molecule has 3 rings (SSSR count). The van der Waals surface area contributed by atoms with Gasteiger partial charge in [-0.1, -0.05) is 36.3 Å². The molecule has 2 aromatic carbocycles. The van der Waals surface area contributed by atoms with Gasteiger partial charge in [0.2, 0.25) is 0 Å². The number of rotatable bonds is 6. The van der Waals surface area contributed by atoms with Gasteiger partial charge >= 0.3 is 0 Å². The quantitative estimate of drug-likeness (QED) is 0.707. The molecular formula is C20H19FN2O3. The third kappa shape index (κ3) is 3.91. The van der Waals surface area contributed by atoms with Crippen LogP contribution in [-0.2, 0) is 13.0 Å². The second-order valence-corrected chi connectivity index (χ2v) is 5.78. The minimum Gasteiger partial charge on any atom is -0.489 e. The van der Waals surface area contributed by atoms with Crippen molar-refractivity contribution in [1.82, 2.24) is 5.16 Å². The van der Waals surface area contributed by atoms with E-state index < -0.39 is 5.82 Å². The van der Waals surface area contributed by atoms with Crippen LogP contribution in [0.5, 0.6) is 5.75 Å². The fourth-order valence-electron chi connectivity index (χ4n) is 2.58. The fourth-order valence-corrected chi connectivity index (χ4v) is 2.58. The number of para-hydroxylation sites is 1. The number of carbonyl (C=O) groups is 1. The Balaban J connectivity index is 1.77. The van der Waals surface area contributed by atoms with Gasteiger partial charge in [0.1, 0.15) is 23.9 Å². The summed E-state index contributed by atoms with van der Waals surface area (Å²) in [7, 11) is 0. The number of benzene rings is 2. The van der Waals surface area contributed by atoms with Gasteiger partial charge in [0.05, 0.1) is 5.56 Å². The van der Waals surface area contributed by atoms with Gasteiger partial charge in [-0.25, -0.2) is 4.39 Å². The zero-order chi connectivity index (χ0) is 18.5. The highest BCUT2D eigenvalue weighted by Crippen LogP contribution is 2.21.